The zero-order chi connectivity index (χ0) is 16.7. The molecule has 0 saturated heterocycles. The molecule has 2 rings (SSSR count). The molecular formula is C18H20FNO3. The predicted molar refractivity (Wildman–Crippen MR) is 85.7 cm³/mol. The first-order valence-corrected chi connectivity index (χ1v) is 7.41. The number of halogens is 1. The van der Waals surface area contributed by atoms with Crippen LogP contribution in [0.5, 0.6) is 5.75 Å². The van der Waals surface area contributed by atoms with Gasteiger partial charge in [0.25, 0.3) is 0 Å². The maximum Gasteiger partial charge on any atom is 0.220 e. The van der Waals surface area contributed by atoms with Crippen molar-refractivity contribution in [3.8, 4) is 5.75 Å². The lowest BCUT2D eigenvalue weighted by Crippen LogP contribution is -2.28. The molecule has 23 heavy (non-hydrogen) atoms. The van der Waals surface area contributed by atoms with Crippen molar-refractivity contribution in [2.75, 3.05) is 13.7 Å². The molecule has 0 heterocycles. The van der Waals surface area contributed by atoms with Gasteiger partial charge in [-0.15, -0.1) is 0 Å². The Kier molecular flexibility index (Phi) is 6.11. The van der Waals surface area contributed by atoms with Crippen LogP contribution in [-0.2, 0) is 11.2 Å². The summed E-state index contributed by atoms with van der Waals surface area (Å²) in [4.78, 5) is 11.8. The van der Waals surface area contributed by atoms with Gasteiger partial charge in [0.1, 0.15) is 11.6 Å². The van der Waals surface area contributed by atoms with E-state index in [1.165, 1.54) is 12.1 Å². The lowest BCUT2D eigenvalue weighted by molar-refractivity contribution is -0.121. The normalized spacial score (nSPS) is 11.8. The van der Waals surface area contributed by atoms with E-state index in [0.717, 1.165) is 5.56 Å². The lowest BCUT2D eigenvalue weighted by atomic mass is 10.1. The van der Waals surface area contributed by atoms with Crippen molar-refractivity contribution < 1.29 is 19.0 Å². The quantitative estimate of drug-likeness (QED) is 0.825. The molecule has 2 aromatic carbocycles. The fourth-order valence-corrected chi connectivity index (χ4v) is 2.22. The van der Waals surface area contributed by atoms with Crippen molar-refractivity contribution in [2.24, 2.45) is 0 Å². The van der Waals surface area contributed by atoms with E-state index in [9.17, 15) is 14.3 Å². The third kappa shape index (κ3) is 5.38. The molecule has 0 aromatic heterocycles. The van der Waals surface area contributed by atoms with Gasteiger partial charge in [-0.1, -0.05) is 24.3 Å². The second-order valence-corrected chi connectivity index (χ2v) is 5.23. The standard InChI is InChI=1S/C18H20FNO3/c1-23-16-7-3-5-14(11-16)17(21)12-20-18(22)9-8-13-4-2-6-15(19)10-13/h2-7,10-11,17,21H,8-9,12H2,1H3,(H,20,22). The van der Waals surface area contributed by atoms with Gasteiger partial charge >= 0.3 is 0 Å². The Labute approximate surface area is 134 Å². The Hall–Kier alpha value is -2.40. The highest BCUT2D eigenvalue weighted by Gasteiger charge is 2.10. The van der Waals surface area contributed by atoms with Gasteiger partial charge in [0, 0.05) is 13.0 Å². The number of carbonyl (C=O) groups is 1. The molecule has 0 radical (unpaired) electrons. The van der Waals surface area contributed by atoms with E-state index >= 15 is 0 Å². The Morgan fingerprint density at radius 3 is 2.78 bits per heavy atom. The third-order valence-electron chi connectivity index (χ3n) is 3.50. The fraction of sp³-hybridized carbons (Fsp3) is 0.278. The lowest BCUT2D eigenvalue weighted by Gasteiger charge is -2.13. The van der Waals surface area contributed by atoms with Crippen LogP contribution in [0.2, 0.25) is 0 Å². The topological polar surface area (TPSA) is 58.6 Å². The van der Waals surface area contributed by atoms with E-state index in [-0.39, 0.29) is 24.7 Å². The summed E-state index contributed by atoms with van der Waals surface area (Å²) in [5.74, 6) is 0.159. The smallest absolute Gasteiger partial charge is 0.220 e. The maximum atomic E-state index is 13.1. The van der Waals surface area contributed by atoms with Gasteiger partial charge in [-0.05, 0) is 41.8 Å². The highest BCUT2D eigenvalue weighted by atomic mass is 19.1. The maximum absolute atomic E-state index is 13.1. The second kappa shape index (κ2) is 8.29. The SMILES string of the molecule is COc1cccc(C(O)CNC(=O)CCc2cccc(F)c2)c1. The molecule has 0 aliphatic heterocycles. The average molecular weight is 317 g/mol. The Bertz CT molecular complexity index is 660. The van der Waals surface area contributed by atoms with Crippen LogP contribution >= 0.6 is 0 Å². The third-order valence-corrected chi connectivity index (χ3v) is 3.50. The molecule has 1 amide bonds. The van der Waals surface area contributed by atoms with Gasteiger partial charge in [-0.3, -0.25) is 4.79 Å². The molecule has 0 aliphatic rings. The highest BCUT2D eigenvalue weighted by Crippen LogP contribution is 2.18. The van der Waals surface area contributed by atoms with Crippen molar-refractivity contribution in [2.45, 2.75) is 18.9 Å². The van der Waals surface area contributed by atoms with Crippen LogP contribution in [0, 0.1) is 5.82 Å². The number of carbonyl (C=O) groups excluding carboxylic acids is 1. The number of aryl methyl sites for hydroxylation is 1. The predicted octanol–water partition coefficient (Wildman–Crippen LogP) is 2.62. The molecule has 0 aliphatic carbocycles. The van der Waals surface area contributed by atoms with Gasteiger partial charge < -0.3 is 15.2 Å². The zero-order valence-corrected chi connectivity index (χ0v) is 13.0. The van der Waals surface area contributed by atoms with Crippen LogP contribution in [0.15, 0.2) is 48.5 Å². The Morgan fingerprint density at radius 1 is 1.26 bits per heavy atom. The van der Waals surface area contributed by atoms with Crippen molar-refractivity contribution >= 4 is 5.91 Å². The summed E-state index contributed by atoms with van der Waals surface area (Å²) in [7, 11) is 1.56. The molecule has 2 N–H and O–H groups in total. The second-order valence-electron chi connectivity index (χ2n) is 5.23. The van der Waals surface area contributed by atoms with E-state index in [2.05, 4.69) is 5.32 Å². The summed E-state index contributed by atoms with van der Waals surface area (Å²) in [5.41, 5.74) is 1.45. The minimum absolute atomic E-state index is 0.120. The van der Waals surface area contributed by atoms with Gasteiger partial charge in [-0.25, -0.2) is 4.39 Å². The summed E-state index contributed by atoms with van der Waals surface area (Å²) in [6.07, 6.45) is -0.101. The number of amides is 1. The van der Waals surface area contributed by atoms with E-state index in [1.807, 2.05) is 0 Å². The number of benzene rings is 2. The number of nitrogens with one attached hydrogen (secondary N) is 1. The largest absolute Gasteiger partial charge is 0.497 e. The monoisotopic (exact) mass is 317 g/mol. The Balaban J connectivity index is 1.79. The van der Waals surface area contributed by atoms with E-state index < -0.39 is 6.10 Å². The number of rotatable bonds is 7. The van der Waals surface area contributed by atoms with Crippen LogP contribution in [-0.4, -0.2) is 24.7 Å². The molecule has 0 spiro atoms. The molecule has 0 fully saturated rings. The number of ether oxygens (including phenoxy) is 1. The number of methoxy groups -OCH3 is 1. The first kappa shape index (κ1) is 17.0. The average Bonchev–Trinajstić information content (AvgIpc) is 2.58. The summed E-state index contributed by atoms with van der Waals surface area (Å²) in [5, 5.41) is 12.8. The summed E-state index contributed by atoms with van der Waals surface area (Å²) in [6, 6.07) is 13.2. The molecule has 1 atom stereocenters. The van der Waals surface area contributed by atoms with Gasteiger partial charge in [0.2, 0.25) is 5.91 Å². The van der Waals surface area contributed by atoms with Crippen LogP contribution in [0.3, 0.4) is 0 Å². The van der Waals surface area contributed by atoms with Gasteiger partial charge in [-0.2, -0.15) is 0 Å². The first-order valence-electron chi connectivity index (χ1n) is 7.41. The number of aliphatic hydroxyl groups is 1. The number of hydrogen-bond donors (Lipinski definition) is 2. The molecule has 1 unspecified atom stereocenters. The number of hydrogen-bond acceptors (Lipinski definition) is 3. The Morgan fingerprint density at radius 2 is 2.04 bits per heavy atom. The summed E-state index contributed by atoms with van der Waals surface area (Å²) >= 11 is 0. The zero-order valence-electron chi connectivity index (χ0n) is 13.0. The van der Waals surface area contributed by atoms with Crippen molar-refractivity contribution in [1.29, 1.82) is 0 Å². The highest BCUT2D eigenvalue weighted by molar-refractivity contribution is 5.76. The molecule has 0 bridgehead atoms. The van der Waals surface area contributed by atoms with Crippen LogP contribution in [0.1, 0.15) is 23.7 Å². The minimum atomic E-state index is -0.803. The van der Waals surface area contributed by atoms with Crippen molar-refractivity contribution in [1.82, 2.24) is 5.32 Å². The number of aliphatic hydroxyl groups excluding tert-OH is 1. The van der Waals surface area contributed by atoms with Gasteiger partial charge in [0.15, 0.2) is 0 Å². The van der Waals surface area contributed by atoms with Crippen LogP contribution < -0.4 is 10.1 Å². The summed E-state index contributed by atoms with van der Waals surface area (Å²) < 4.78 is 18.1. The summed E-state index contributed by atoms with van der Waals surface area (Å²) in [6.45, 7) is 0.120. The van der Waals surface area contributed by atoms with Crippen LogP contribution in [0.4, 0.5) is 4.39 Å². The van der Waals surface area contributed by atoms with E-state index in [1.54, 1.807) is 43.5 Å². The molecule has 4 nitrogen and oxygen atoms in total. The molecular weight excluding hydrogens is 297 g/mol. The van der Waals surface area contributed by atoms with Crippen molar-refractivity contribution in [3.05, 3.63) is 65.5 Å². The molecule has 122 valence electrons. The van der Waals surface area contributed by atoms with E-state index in [4.69, 9.17) is 4.74 Å². The fourth-order valence-electron chi connectivity index (χ4n) is 2.22. The van der Waals surface area contributed by atoms with Crippen LogP contribution in [0.25, 0.3) is 0 Å². The first-order chi connectivity index (χ1) is 11.1. The van der Waals surface area contributed by atoms with Crippen molar-refractivity contribution in [3.63, 3.8) is 0 Å². The molecule has 0 saturated carbocycles. The van der Waals surface area contributed by atoms with E-state index in [0.29, 0.717) is 17.7 Å². The molecule has 2 aromatic rings. The molecule has 5 heteroatoms. The minimum Gasteiger partial charge on any atom is -0.497 e. The van der Waals surface area contributed by atoms with Gasteiger partial charge in [0.05, 0.1) is 13.2 Å².